The molecule has 1 aromatic rings. The molecule has 0 aromatic heterocycles. The molecule has 1 amide bonds. The lowest BCUT2D eigenvalue weighted by atomic mass is 10.1. The number of amides is 1. The first kappa shape index (κ1) is 20.6. The van der Waals surface area contributed by atoms with Gasteiger partial charge in [-0.25, -0.2) is 0 Å². The van der Waals surface area contributed by atoms with E-state index in [9.17, 15) is 13.6 Å². The van der Waals surface area contributed by atoms with Gasteiger partial charge in [0.05, 0.1) is 6.54 Å². The highest BCUT2D eigenvalue weighted by Crippen LogP contribution is 2.15. The van der Waals surface area contributed by atoms with Gasteiger partial charge in [0.2, 0.25) is 5.91 Å². The molecule has 1 saturated heterocycles. The van der Waals surface area contributed by atoms with Crippen molar-refractivity contribution in [2.75, 3.05) is 45.8 Å². The summed E-state index contributed by atoms with van der Waals surface area (Å²) in [6.45, 7) is 7.57. The number of benzene rings is 1. The second-order valence-corrected chi connectivity index (χ2v) is 7.09. The SMILES string of the molecule is CC(C)CN1CCN(CC(=O)NCCc2ccc(OC(F)F)cc2)CC1. The molecule has 0 spiro atoms. The van der Waals surface area contributed by atoms with Crippen LogP contribution in [-0.2, 0) is 11.2 Å². The Balaban J connectivity index is 1.62. The van der Waals surface area contributed by atoms with E-state index in [0.717, 1.165) is 38.3 Å². The first-order valence-corrected chi connectivity index (χ1v) is 9.17. The maximum Gasteiger partial charge on any atom is 0.387 e. The highest BCUT2D eigenvalue weighted by molar-refractivity contribution is 5.78. The molecule has 146 valence electrons. The predicted octanol–water partition coefficient (Wildman–Crippen LogP) is 2.22. The van der Waals surface area contributed by atoms with E-state index in [1.54, 1.807) is 12.1 Å². The van der Waals surface area contributed by atoms with Crippen molar-refractivity contribution in [1.29, 1.82) is 0 Å². The number of carbonyl (C=O) groups excluding carboxylic acids is 1. The van der Waals surface area contributed by atoms with Crippen molar-refractivity contribution in [3.63, 3.8) is 0 Å². The maximum atomic E-state index is 12.1. The second-order valence-electron chi connectivity index (χ2n) is 7.09. The lowest BCUT2D eigenvalue weighted by molar-refractivity contribution is -0.122. The van der Waals surface area contributed by atoms with Crippen molar-refractivity contribution >= 4 is 5.91 Å². The molecule has 1 fully saturated rings. The van der Waals surface area contributed by atoms with Crippen LogP contribution in [0, 0.1) is 5.92 Å². The summed E-state index contributed by atoms with van der Waals surface area (Å²) < 4.78 is 28.5. The van der Waals surface area contributed by atoms with E-state index in [1.807, 2.05) is 0 Å². The first-order chi connectivity index (χ1) is 12.4. The monoisotopic (exact) mass is 369 g/mol. The molecule has 0 radical (unpaired) electrons. The fourth-order valence-corrected chi connectivity index (χ4v) is 3.09. The third kappa shape index (κ3) is 7.66. The second kappa shape index (κ2) is 10.4. The number of hydrogen-bond acceptors (Lipinski definition) is 4. The van der Waals surface area contributed by atoms with E-state index in [0.29, 0.717) is 25.4 Å². The summed E-state index contributed by atoms with van der Waals surface area (Å²) in [7, 11) is 0. The molecule has 1 aliphatic heterocycles. The summed E-state index contributed by atoms with van der Waals surface area (Å²) in [6, 6.07) is 6.50. The van der Waals surface area contributed by atoms with Gasteiger partial charge in [-0.1, -0.05) is 26.0 Å². The molecule has 1 aliphatic rings. The maximum absolute atomic E-state index is 12.1. The summed E-state index contributed by atoms with van der Waals surface area (Å²) in [5, 5.41) is 2.92. The normalized spacial score (nSPS) is 16.2. The van der Waals surface area contributed by atoms with Crippen LogP contribution < -0.4 is 10.1 Å². The van der Waals surface area contributed by atoms with E-state index < -0.39 is 6.61 Å². The minimum atomic E-state index is -2.81. The van der Waals surface area contributed by atoms with Gasteiger partial charge in [-0.05, 0) is 30.0 Å². The van der Waals surface area contributed by atoms with Gasteiger partial charge in [0.1, 0.15) is 5.75 Å². The molecule has 1 N–H and O–H groups in total. The van der Waals surface area contributed by atoms with Crippen molar-refractivity contribution in [3.8, 4) is 5.75 Å². The van der Waals surface area contributed by atoms with Crippen LogP contribution in [0.2, 0.25) is 0 Å². The van der Waals surface area contributed by atoms with E-state index >= 15 is 0 Å². The van der Waals surface area contributed by atoms with Gasteiger partial charge in [-0.3, -0.25) is 9.69 Å². The number of piperazine rings is 1. The molecule has 1 heterocycles. The molecule has 26 heavy (non-hydrogen) atoms. The number of nitrogens with zero attached hydrogens (tertiary/aromatic N) is 2. The first-order valence-electron chi connectivity index (χ1n) is 9.17. The van der Waals surface area contributed by atoms with Gasteiger partial charge in [0.25, 0.3) is 0 Å². The Bertz CT molecular complexity index is 544. The predicted molar refractivity (Wildman–Crippen MR) is 97.5 cm³/mol. The average Bonchev–Trinajstić information content (AvgIpc) is 2.57. The molecular weight excluding hydrogens is 340 g/mol. The number of alkyl halides is 2. The van der Waals surface area contributed by atoms with Crippen LogP contribution in [0.4, 0.5) is 8.78 Å². The summed E-state index contributed by atoms with van der Waals surface area (Å²) in [4.78, 5) is 16.7. The number of rotatable bonds is 9. The van der Waals surface area contributed by atoms with Crippen LogP contribution in [0.5, 0.6) is 5.75 Å². The van der Waals surface area contributed by atoms with E-state index in [2.05, 4.69) is 33.7 Å². The van der Waals surface area contributed by atoms with Crippen molar-refractivity contribution in [2.24, 2.45) is 5.92 Å². The van der Waals surface area contributed by atoms with E-state index in [4.69, 9.17) is 0 Å². The van der Waals surface area contributed by atoms with Crippen molar-refractivity contribution in [3.05, 3.63) is 29.8 Å². The summed E-state index contributed by atoms with van der Waals surface area (Å²) in [6.07, 6.45) is 0.656. The smallest absolute Gasteiger partial charge is 0.387 e. The minimum absolute atomic E-state index is 0.0277. The Labute approximate surface area is 154 Å². The van der Waals surface area contributed by atoms with E-state index in [-0.39, 0.29) is 11.7 Å². The van der Waals surface area contributed by atoms with E-state index in [1.165, 1.54) is 12.1 Å². The summed E-state index contributed by atoms with van der Waals surface area (Å²) in [5.41, 5.74) is 0.967. The lowest BCUT2D eigenvalue weighted by Gasteiger charge is -2.35. The molecule has 7 heteroatoms. The van der Waals surface area contributed by atoms with Crippen LogP contribution in [-0.4, -0.2) is 68.1 Å². The molecule has 2 rings (SSSR count). The number of hydrogen-bond donors (Lipinski definition) is 1. The Morgan fingerprint density at radius 1 is 1.12 bits per heavy atom. The fraction of sp³-hybridized carbons (Fsp3) is 0.632. The van der Waals surface area contributed by atoms with Gasteiger partial charge in [-0.2, -0.15) is 8.78 Å². The van der Waals surface area contributed by atoms with Crippen LogP contribution in [0.3, 0.4) is 0 Å². The van der Waals surface area contributed by atoms with Crippen molar-refractivity contribution < 1.29 is 18.3 Å². The van der Waals surface area contributed by atoms with Crippen LogP contribution >= 0.6 is 0 Å². The fourth-order valence-electron chi connectivity index (χ4n) is 3.09. The number of halogens is 2. The van der Waals surface area contributed by atoms with Crippen LogP contribution in [0.15, 0.2) is 24.3 Å². The summed E-state index contributed by atoms with van der Waals surface area (Å²) in [5.74, 6) is 0.838. The minimum Gasteiger partial charge on any atom is -0.435 e. The Morgan fingerprint density at radius 2 is 1.73 bits per heavy atom. The van der Waals surface area contributed by atoms with Gasteiger partial charge in [0, 0.05) is 39.3 Å². The number of ether oxygens (including phenoxy) is 1. The number of nitrogens with one attached hydrogen (secondary N) is 1. The van der Waals surface area contributed by atoms with Crippen LogP contribution in [0.1, 0.15) is 19.4 Å². The molecular formula is C19H29F2N3O2. The molecule has 0 aliphatic carbocycles. The molecule has 0 unspecified atom stereocenters. The molecule has 5 nitrogen and oxygen atoms in total. The molecule has 0 saturated carbocycles. The molecule has 1 aromatic carbocycles. The lowest BCUT2D eigenvalue weighted by Crippen LogP contribution is -2.50. The zero-order chi connectivity index (χ0) is 18.9. The average molecular weight is 369 g/mol. The number of carbonyl (C=O) groups is 1. The standard InChI is InChI=1S/C19H29F2N3O2/c1-15(2)13-23-9-11-24(12-10-23)14-18(25)22-8-7-16-3-5-17(6-4-16)26-19(20)21/h3-6,15,19H,7-14H2,1-2H3,(H,22,25). The molecule has 0 bridgehead atoms. The van der Waals surface area contributed by atoms with Gasteiger partial charge < -0.3 is 15.0 Å². The summed E-state index contributed by atoms with van der Waals surface area (Å²) >= 11 is 0. The Morgan fingerprint density at radius 3 is 2.31 bits per heavy atom. The van der Waals surface area contributed by atoms with Crippen molar-refractivity contribution in [1.82, 2.24) is 15.1 Å². The largest absolute Gasteiger partial charge is 0.435 e. The van der Waals surface area contributed by atoms with Gasteiger partial charge in [0.15, 0.2) is 0 Å². The van der Waals surface area contributed by atoms with Gasteiger partial charge >= 0.3 is 6.61 Å². The van der Waals surface area contributed by atoms with Crippen molar-refractivity contribution in [2.45, 2.75) is 26.9 Å². The topological polar surface area (TPSA) is 44.8 Å². The third-order valence-electron chi connectivity index (χ3n) is 4.34. The highest BCUT2D eigenvalue weighted by atomic mass is 19.3. The molecule has 0 atom stereocenters. The third-order valence-corrected chi connectivity index (χ3v) is 4.34. The Hall–Kier alpha value is -1.73. The van der Waals surface area contributed by atoms with Gasteiger partial charge in [-0.15, -0.1) is 0 Å². The Kier molecular flexibility index (Phi) is 8.25. The zero-order valence-electron chi connectivity index (χ0n) is 15.6. The highest BCUT2D eigenvalue weighted by Gasteiger charge is 2.19. The zero-order valence-corrected chi connectivity index (χ0v) is 15.6. The quantitative estimate of drug-likeness (QED) is 0.725. The van der Waals surface area contributed by atoms with Crippen LogP contribution in [0.25, 0.3) is 0 Å².